The van der Waals surface area contributed by atoms with Gasteiger partial charge in [0.2, 0.25) is 0 Å². The zero-order valence-electron chi connectivity index (χ0n) is 11.6. The Labute approximate surface area is 118 Å². The van der Waals surface area contributed by atoms with Gasteiger partial charge in [0.15, 0.2) is 11.5 Å². The highest BCUT2D eigenvalue weighted by atomic mass is 16.5. The highest BCUT2D eigenvalue weighted by Gasteiger charge is 2.09. The minimum atomic E-state index is -0.156. The van der Waals surface area contributed by atoms with Gasteiger partial charge in [0.1, 0.15) is 0 Å². The number of nitrogens with one attached hydrogen (secondary N) is 1. The van der Waals surface area contributed by atoms with E-state index in [9.17, 15) is 4.79 Å². The quantitative estimate of drug-likeness (QED) is 0.907. The molecule has 0 spiro atoms. The molecule has 104 valence electrons. The first-order chi connectivity index (χ1) is 9.74. The largest absolute Gasteiger partial charge is 0.493 e. The first kappa shape index (κ1) is 13.9. The fraction of sp³-hybridized carbons (Fsp3) is 0.188. The fourth-order valence-electron chi connectivity index (χ4n) is 1.81. The van der Waals surface area contributed by atoms with E-state index >= 15 is 0 Å². The Morgan fingerprint density at radius 3 is 2.50 bits per heavy atom. The van der Waals surface area contributed by atoms with Crippen LogP contribution in [0.5, 0.6) is 11.5 Å². The van der Waals surface area contributed by atoms with Crippen LogP contribution in [0.4, 0.5) is 5.69 Å². The molecule has 0 heterocycles. The second-order valence-electron chi connectivity index (χ2n) is 4.12. The number of amides is 1. The Hall–Kier alpha value is -2.49. The maximum atomic E-state index is 12.0. The topological polar surface area (TPSA) is 47.6 Å². The van der Waals surface area contributed by atoms with Crippen molar-refractivity contribution < 1.29 is 14.3 Å². The van der Waals surface area contributed by atoms with Crippen LogP contribution in [0.25, 0.3) is 0 Å². The number of carbonyl (C=O) groups is 1. The van der Waals surface area contributed by atoms with E-state index in [0.717, 1.165) is 0 Å². The van der Waals surface area contributed by atoms with Gasteiger partial charge in [0.25, 0.3) is 5.91 Å². The van der Waals surface area contributed by atoms with Crippen molar-refractivity contribution >= 4 is 11.6 Å². The number of hydrogen-bond acceptors (Lipinski definition) is 3. The van der Waals surface area contributed by atoms with E-state index in [2.05, 4.69) is 5.32 Å². The molecule has 0 bridgehead atoms. The molecule has 2 aromatic rings. The lowest BCUT2D eigenvalue weighted by atomic mass is 10.2. The van der Waals surface area contributed by atoms with E-state index in [0.29, 0.717) is 29.4 Å². The van der Waals surface area contributed by atoms with Crippen LogP contribution < -0.4 is 14.8 Å². The van der Waals surface area contributed by atoms with Crippen molar-refractivity contribution in [2.75, 3.05) is 19.0 Å². The van der Waals surface area contributed by atoms with E-state index < -0.39 is 0 Å². The third-order valence-corrected chi connectivity index (χ3v) is 2.76. The van der Waals surface area contributed by atoms with E-state index in [1.165, 1.54) is 0 Å². The molecule has 0 saturated carbocycles. The number of rotatable bonds is 5. The molecular weight excluding hydrogens is 254 g/mol. The molecule has 1 amide bonds. The van der Waals surface area contributed by atoms with Gasteiger partial charge in [-0.2, -0.15) is 0 Å². The summed E-state index contributed by atoms with van der Waals surface area (Å²) in [7, 11) is 1.57. The molecule has 0 unspecified atom stereocenters. The third kappa shape index (κ3) is 3.29. The van der Waals surface area contributed by atoms with E-state index in [4.69, 9.17) is 9.47 Å². The lowest BCUT2D eigenvalue weighted by molar-refractivity contribution is 0.102. The Bertz CT molecular complexity index is 582. The first-order valence-corrected chi connectivity index (χ1v) is 6.42. The van der Waals surface area contributed by atoms with Gasteiger partial charge in [0, 0.05) is 17.3 Å². The number of anilines is 1. The van der Waals surface area contributed by atoms with Crippen LogP contribution in [0.15, 0.2) is 48.5 Å². The van der Waals surface area contributed by atoms with Gasteiger partial charge in [-0.15, -0.1) is 0 Å². The Morgan fingerprint density at radius 1 is 1.10 bits per heavy atom. The second-order valence-corrected chi connectivity index (χ2v) is 4.12. The zero-order valence-corrected chi connectivity index (χ0v) is 11.6. The van der Waals surface area contributed by atoms with Crippen molar-refractivity contribution in [3.8, 4) is 11.5 Å². The van der Waals surface area contributed by atoms with Crippen molar-refractivity contribution in [3.63, 3.8) is 0 Å². The summed E-state index contributed by atoms with van der Waals surface area (Å²) in [6.45, 7) is 2.47. The Balaban J connectivity index is 2.16. The minimum absolute atomic E-state index is 0.156. The van der Waals surface area contributed by atoms with E-state index in [1.807, 2.05) is 25.1 Å². The van der Waals surface area contributed by atoms with Crippen LogP contribution >= 0.6 is 0 Å². The normalized spacial score (nSPS) is 9.90. The molecule has 4 nitrogen and oxygen atoms in total. The molecule has 4 heteroatoms. The van der Waals surface area contributed by atoms with Gasteiger partial charge in [0.05, 0.1) is 13.7 Å². The summed E-state index contributed by atoms with van der Waals surface area (Å²) < 4.78 is 10.7. The first-order valence-electron chi connectivity index (χ1n) is 6.42. The summed E-state index contributed by atoms with van der Waals surface area (Å²) >= 11 is 0. The van der Waals surface area contributed by atoms with Crippen LogP contribution in [-0.2, 0) is 0 Å². The SMILES string of the molecule is CCOc1ccc(NC(=O)c2ccccc2)cc1OC. The molecule has 1 N–H and O–H groups in total. The average molecular weight is 271 g/mol. The number of methoxy groups -OCH3 is 1. The van der Waals surface area contributed by atoms with Crippen molar-refractivity contribution in [1.82, 2.24) is 0 Å². The summed E-state index contributed by atoms with van der Waals surface area (Å²) in [5.74, 6) is 1.10. The molecule has 0 aliphatic carbocycles. The lowest BCUT2D eigenvalue weighted by Crippen LogP contribution is -2.11. The summed E-state index contributed by atoms with van der Waals surface area (Å²) in [5.41, 5.74) is 1.28. The Kier molecular flexibility index (Phi) is 4.60. The van der Waals surface area contributed by atoms with Crippen molar-refractivity contribution in [2.24, 2.45) is 0 Å². The number of carbonyl (C=O) groups excluding carboxylic acids is 1. The monoisotopic (exact) mass is 271 g/mol. The van der Waals surface area contributed by atoms with Crippen LogP contribution in [0.1, 0.15) is 17.3 Å². The summed E-state index contributed by atoms with van der Waals surface area (Å²) in [6, 6.07) is 14.4. The highest BCUT2D eigenvalue weighted by molar-refractivity contribution is 6.04. The third-order valence-electron chi connectivity index (χ3n) is 2.76. The van der Waals surface area contributed by atoms with E-state index in [1.54, 1.807) is 37.4 Å². The zero-order chi connectivity index (χ0) is 14.4. The van der Waals surface area contributed by atoms with Crippen LogP contribution in [0.3, 0.4) is 0 Å². The predicted octanol–water partition coefficient (Wildman–Crippen LogP) is 3.35. The van der Waals surface area contributed by atoms with Gasteiger partial charge in [-0.25, -0.2) is 0 Å². The Morgan fingerprint density at radius 2 is 1.85 bits per heavy atom. The smallest absolute Gasteiger partial charge is 0.255 e. The molecule has 20 heavy (non-hydrogen) atoms. The number of benzene rings is 2. The summed E-state index contributed by atoms with van der Waals surface area (Å²) in [6.07, 6.45) is 0. The maximum absolute atomic E-state index is 12.0. The average Bonchev–Trinajstić information content (AvgIpc) is 2.50. The summed E-state index contributed by atoms with van der Waals surface area (Å²) in [5, 5.41) is 2.83. The molecule has 0 aliphatic rings. The van der Waals surface area contributed by atoms with Crippen LogP contribution in [-0.4, -0.2) is 19.6 Å². The second kappa shape index (κ2) is 6.61. The molecule has 0 fully saturated rings. The molecule has 0 aromatic heterocycles. The molecule has 0 saturated heterocycles. The molecule has 2 rings (SSSR count). The molecule has 0 radical (unpaired) electrons. The standard InChI is InChI=1S/C16H17NO3/c1-3-20-14-10-9-13(11-15(14)19-2)17-16(18)12-7-5-4-6-8-12/h4-11H,3H2,1-2H3,(H,17,18). The van der Waals surface area contributed by atoms with Gasteiger partial charge in [-0.3, -0.25) is 4.79 Å². The molecule has 2 aromatic carbocycles. The minimum Gasteiger partial charge on any atom is -0.493 e. The summed E-state index contributed by atoms with van der Waals surface area (Å²) in [4.78, 5) is 12.0. The van der Waals surface area contributed by atoms with Gasteiger partial charge < -0.3 is 14.8 Å². The van der Waals surface area contributed by atoms with Crippen LogP contribution in [0.2, 0.25) is 0 Å². The molecular formula is C16H17NO3. The number of hydrogen-bond donors (Lipinski definition) is 1. The van der Waals surface area contributed by atoms with Gasteiger partial charge >= 0.3 is 0 Å². The fourth-order valence-corrected chi connectivity index (χ4v) is 1.81. The maximum Gasteiger partial charge on any atom is 0.255 e. The highest BCUT2D eigenvalue weighted by Crippen LogP contribution is 2.30. The van der Waals surface area contributed by atoms with Gasteiger partial charge in [-0.1, -0.05) is 18.2 Å². The molecule has 0 atom stereocenters. The van der Waals surface area contributed by atoms with Crippen molar-refractivity contribution in [2.45, 2.75) is 6.92 Å². The van der Waals surface area contributed by atoms with E-state index in [-0.39, 0.29) is 5.91 Å². The van der Waals surface area contributed by atoms with Crippen molar-refractivity contribution in [1.29, 1.82) is 0 Å². The van der Waals surface area contributed by atoms with Crippen molar-refractivity contribution in [3.05, 3.63) is 54.1 Å². The lowest BCUT2D eigenvalue weighted by Gasteiger charge is -2.11. The number of ether oxygens (including phenoxy) is 2. The van der Waals surface area contributed by atoms with Gasteiger partial charge in [-0.05, 0) is 31.2 Å². The molecule has 0 aliphatic heterocycles. The van der Waals surface area contributed by atoms with Crippen LogP contribution in [0, 0.1) is 0 Å². The predicted molar refractivity (Wildman–Crippen MR) is 78.6 cm³/mol.